The first-order valence-corrected chi connectivity index (χ1v) is 13.3. The van der Waals surface area contributed by atoms with Gasteiger partial charge in [-0.15, -0.1) is 11.6 Å². The molecule has 0 saturated carbocycles. The van der Waals surface area contributed by atoms with E-state index < -0.39 is 37.1 Å². The number of aliphatic hydroxyl groups is 4. The molecule has 36 heavy (non-hydrogen) atoms. The Labute approximate surface area is 217 Å². The maximum atomic E-state index is 10.5. The fourth-order valence-corrected chi connectivity index (χ4v) is 5.18. The highest BCUT2D eigenvalue weighted by molar-refractivity contribution is 6.22. The average molecular weight is 524 g/mol. The Morgan fingerprint density at radius 1 is 0.972 bits per heavy atom. The van der Waals surface area contributed by atoms with Crippen LogP contribution in [0.4, 0.5) is 0 Å². The van der Waals surface area contributed by atoms with Crippen LogP contribution in [0.3, 0.4) is 0 Å². The van der Waals surface area contributed by atoms with Crippen molar-refractivity contribution in [1.82, 2.24) is 4.90 Å². The molecule has 1 aromatic carbocycles. The van der Waals surface area contributed by atoms with Gasteiger partial charge in [0.2, 0.25) is 0 Å². The van der Waals surface area contributed by atoms with Crippen LogP contribution in [0.25, 0.3) is 0 Å². The minimum atomic E-state index is -1.41. The third kappa shape index (κ3) is 7.08. The van der Waals surface area contributed by atoms with Crippen LogP contribution in [0.1, 0.15) is 24.8 Å². The van der Waals surface area contributed by atoms with E-state index in [4.69, 9.17) is 25.8 Å². The second kappa shape index (κ2) is 13.3. The lowest BCUT2D eigenvalue weighted by Gasteiger charge is -2.41. The van der Waals surface area contributed by atoms with E-state index in [9.17, 15) is 20.4 Å². The van der Waals surface area contributed by atoms with E-state index in [1.807, 2.05) is 36.4 Å². The molecule has 6 atom stereocenters. The molecule has 0 aromatic heterocycles. The topological polar surface area (TPSA) is 112 Å². The van der Waals surface area contributed by atoms with Crippen LogP contribution in [-0.2, 0) is 15.9 Å². The van der Waals surface area contributed by atoms with Crippen molar-refractivity contribution >= 4 is 11.6 Å². The highest BCUT2D eigenvalue weighted by Crippen LogP contribution is 2.33. The largest absolute Gasteiger partial charge is 0.491 e. The molecule has 0 spiro atoms. The third-order valence-electron chi connectivity index (χ3n) is 7.11. The van der Waals surface area contributed by atoms with E-state index in [-0.39, 0.29) is 5.38 Å². The van der Waals surface area contributed by atoms with E-state index >= 15 is 0 Å². The zero-order valence-corrected chi connectivity index (χ0v) is 21.3. The molecule has 1 aliphatic carbocycles. The van der Waals surface area contributed by atoms with Gasteiger partial charge in [-0.05, 0) is 67.6 Å². The first-order chi connectivity index (χ1) is 17.5. The van der Waals surface area contributed by atoms with Gasteiger partial charge in [-0.25, -0.2) is 0 Å². The van der Waals surface area contributed by atoms with Gasteiger partial charge in [0, 0.05) is 6.54 Å². The molecular formula is C27H38ClNO7. The van der Waals surface area contributed by atoms with Crippen LogP contribution in [0.5, 0.6) is 5.75 Å². The van der Waals surface area contributed by atoms with E-state index in [2.05, 4.69) is 4.90 Å². The number of hydrogen-bond donors (Lipinski definition) is 4. The number of hydrogen-bond acceptors (Lipinski definition) is 8. The third-order valence-corrected chi connectivity index (χ3v) is 7.57. The summed E-state index contributed by atoms with van der Waals surface area (Å²) in [4.78, 5) is 2.43. The Kier molecular flexibility index (Phi) is 10.2. The first kappa shape index (κ1) is 27.5. The predicted octanol–water partition coefficient (Wildman–Crippen LogP) is 1.43. The number of likely N-dealkylation sites (tertiary alicyclic amines) is 1. The number of alkyl halides is 1. The highest BCUT2D eigenvalue weighted by Gasteiger charge is 2.44. The Balaban J connectivity index is 1.26. The van der Waals surface area contributed by atoms with Gasteiger partial charge in [0.25, 0.3) is 0 Å². The summed E-state index contributed by atoms with van der Waals surface area (Å²) < 4.78 is 17.2. The number of benzene rings is 1. The molecule has 0 radical (unpaired) electrons. The predicted molar refractivity (Wildman–Crippen MR) is 136 cm³/mol. The Hall–Kier alpha value is -1.49. The Bertz CT molecular complexity index is 885. The van der Waals surface area contributed by atoms with Crippen molar-refractivity contribution in [3.8, 4) is 5.75 Å². The molecule has 2 saturated heterocycles. The van der Waals surface area contributed by atoms with Crippen molar-refractivity contribution in [2.45, 2.75) is 61.6 Å². The van der Waals surface area contributed by atoms with Gasteiger partial charge < -0.3 is 39.5 Å². The van der Waals surface area contributed by atoms with Gasteiger partial charge in [0.05, 0.1) is 25.2 Å². The summed E-state index contributed by atoms with van der Waals surface area (Å²) in [5, 5.41) is 39.9. The number of nitrogens with zero attached hydrogens (tertiary/aromatic N) is 1. The van der Waals surface area contributed by atoms with Crippen molar-refractivity contribution in [2.75, 3.05) is 46.1 Å². The van der Waals surface area contributed by atoms with Crippen molar-refractivity contribution < 1.29 is 34.6 Å². The zero-order valence-electron chi connectivity index (χ0n) is 20.5. The molecule has 4 rings (SSSR count). The van der Waals surface area contributed by atoms with Gasteiger partial charge in [0.1, 0.15) is 42.9 Å². The Morgan fingerprint density at radius 3 is 2.44 bits per heavy atom. The quantitative estimate of drug-likeness (QED) is 0.254. The van der Waals surface area contributed by atoms with Crippen molar-refractivity contribution in [2.24, 2.45) is 0 Å². The number of ether oxygens (including phenoxy) is 3. The number of halogens is 1. The van der Waals surface area contributed by atoms with Crippen LogP contribution < -0.4 is 4.74 Å². The summed E-state index contributed by atoms with van der Waals surface area (Å²) in [6.45, 7) is 4.68. The molecule has 0 amide bonds. The fraction of sp³-hybridized carbons (Fsp3) is 0.630. The summed E-state index contributed by atoms with van der Waals surface area (Å²) in [6.07, 6.45) is 1.62. The molecule has 200 valence electrons. The number of allylic oxidation sites excluding steroid dienone is 2. The van der Waals surface area contributed by atoms with E-state index in [0.29, 0.717) is 31.6 Å². The SMILES string of the molecule is OC[C@H]1O[C@@H](C2=CCC(Cl)C(Cc3ccc(OCCOCCN4CCCC4)cc3)=C2)[C@H](O)[C@@H](O)[C@@H]1O. The number of rotatable bonds is 11. The minimum Gasteiger partial charge on any atom is -0.491 e. The molecule has 2 aliphatic heterocycles. The Morgan fingerprint density at radius 2 is 1.72 bits per heavy atom. The summed E-state index contributed by atoms with van der Waals surface area (Å²) in [5.74, 6) is 0.781. The van der Waals surface area contributed by atoms with Crippen LogP contribution in [0.15, 0.2) is 47.6 Å². The van der Waals surface area contributed by atoms with Crippen LogP contribution in [0, 0.1) is 0 Å². The lowest BCUT2D eigenvalue weighted by Crippen LogP contribution is -2.58. The minimum absolute atomic E-state index is 0.202. The molecule has 1 unspecified atom stereocenters. The summed E-state index contributed by atoms with van der Waals surface area (Å²) in [5.41, 5.74) is 2.71. The molecular weight excluding hydrogens is 486 g/mol. The second-order valence-electron chi connectivity index (χ2n) is 9.71. The standard InChI is InChI=1S/C27H38ClNO7/c28-22-8-5-19(27-26(33)25(32)24(31)23(17-30)36-27)16-20(22)15-18-3-6-21(7-4-18)35-14-13-34-12-11-29-9-1-2-10-29/h3-7,16,22-27,30-33H,1-2,8-15,17H2/t22?,23-,24-,25+,26-,27+/m1/s1. The van der Waals surface area contributed by atoms with Gasteiger partial charge in [0.15, 0.2) is 0 Å². The molecule has 9 heteroatoms. The molecule has 2 heterocycles. The molecule has 1 aromatic rings. The van der Waals surface area contributed by atoms with E-state index in [0.717, 1.165) is 30.0 Å². The van der Waals surface area contributed by atoms with E-state index in [1.165, 1.54) is 25.9 Å². The zero-order chi connectivity index (χ0) is 25.5. The van der Waals surface area contributed by atoms with E-state index in [1.54, 1.807) is 0 Å². The van der Waals surface area contributed by atoms with Crippen LogP contribution >= 0.6 is 11.6 Å². The molecule has 4 N–H and O–H groups in total. The van der Waals surface area contributed by atoms with Crippen molar-refractivity contribution in [1.29, 1.82) is 0 Å². The normalized spacial score (nSPS) is 31.2. The summed E-state index contributed by atoms with van der Waals surface area (Å²) in [6, 6.07) is 7.86. The summed E-state index contributed by atoms with van der Waals surface area (Å²) in [7, 11) is 0. The monoisotopic (exact) mass is 523 g/mol. The van der Waals surface area contributed by atoms with Gasteiger partial charge >= 0.3 is 0 Å². The van der Waals surface area contributed by atoms with Gasteiger partial charge in [-0.1, -0.05) is 24.3 Å². The molecule has 8 nitrogen and oxygen atoms in total. The molecule has 3 aliphatic rings. The summed E-state index contributed by atoms with van der Waals surface area (Å²) >= 11 is 6.58. The second-order valence-corrected chi connectivity index (χ2v) is 10.2. The van der Waals surface area contributed by atoms with Gasteiger partial charge in [-0.3, -0.25) is 0 Å². The maximum Gasteiger partial charge on any atom is 0.119 e. The number of aliphatic hydroxyl groups excluding tert-OH is 4. The van der Waals surface area contributed by atoms with Crippen molar-refractivity contribution in [3.05, 3.63) is 53.1 Å². The fourth-order valence-electron chi connectivity index (χ4n) is 4.95. The van der Waals surface area contributed by atoms with Crippen LogP contribution in [-0.4, -0.2) is 107 Å². The lowest BCUT2D eigenvalue weighted by atomic mass is 9.86. The lowest BCUT2D eigenvalue weighted by molar-refractivity contribution is -0.218. The molecule has 0 bridgehead atoms. The average Bonchev–Trinajstić information content (AvgIpc) is 3.41. The maximum absolute atomic E-state index is 10.5. The van der Waals surface area contributed by atoms with Crippen molar-refractivity contribution in [3.63, 3.8) is 0 Å². The highest BCUT2D eigenvalue weighted by atomic mass is 35.5. The first-order valence-electron chi connectivity index (χ1n) is 12.8. The van der Waals surface area contributed by atoms with Crippen LogP contribution in [0.2, 0.25) is 0 Å². The van der Waals surface area contributed by atoms with Gasteiger partial charge in [-0.2, -0.15) is 0 Å². The smallest absolute Gasteiger partial charge is 0.119 e. The molecule has 2 fully saturated rings.